The number of benzene rings is 1. The number of sulfonamides is 1. The fourth-order valence-electron chi connectivity index (χ4n) is 3.78. The normalized spacial score (nSPS) is 18.0. The van der Waals surface area contributed by atoms with E-state index in [0.29, 0.717) is 25.9 Å². The average molecular weight is 413 g/mol. The molecule has 1 aromatic carbocycles. The molecule has 0 aliphatic carbocycles. The van der Waals surface area contributed by atoms with Crippen molar-refractivity contribution in [3.63, 3.8) is 0 Å². The molecule has 1 saturated heterocycles. The minimum absolute atomic E-state index is 0.118. The molecule has 2 aromatic heterocycles. The number of carbonyl (C=O) groups excluding carboxylic acids is 1. The van der Waals surface area contributed by atoms with Crippen LogP contribution in [-0.4, -0.2) is 41.3 Å². The molecule has 0 bridgehead atoms. The van der Waals surface area contributed by atoms with E-state index in [-0.39, 0.29) is 23.3 Å². The summed E-state index contributed by atoms with van der Waals surface area (Å²) in [6, 6.07) is 10.8. The molecular weight excluding hydrogens is 388 g/mol. The maximum Gasteiger partial charge on any atom is 0.243 e. The molecule has 1 aliphatic rings. The fourth-order valence-corrected chi connectivity index (χ4v) is 5.34. The van der Waals surface area contributed by atoms with Gasteiger partial charge in [-0.3, -0.25) is 9.78 Å². The summed E-state index contributed by atoms with van der Waals surface area (Å²) in [6.07, 6.45) is 6.64. The van der Waals surface area contributed by atoms with Crippen molar-refractivity contribution in [3.05, 3.63) is 60.6 Å². The van der Waals surface area contributed by atoms with Crippen LogP contribution in [0.2, 0.25) is 0 Å². The Morgan fingerprint density at radius 1 is 1.28 bits per heavy atom. The largest absolute Gasteiger partial charge is 0.352 e. The monoisotopic (exact) mass is 412 g/mol. The zero-order valence-corrected chi connectivity index (χ0v) is 17.1. The van der Waals surface area contributed by atoms with Crippen molar-refractivity contribution in [1.29, 1.82) is 0 Å². The summed E-state index contributed by atoms with van der Waals surface area (Å²) < 4.78 is 29.7. The number of hydrogen-bond donors (Lipinski definition) is 1. The van der Waals surface area contributed by atoms with E-state index in [4.69, 9.17) is 0 Å². The highest BCUT2D eigenvalue weighted by Crippen LogP contribution is 2.26. The zero-order valence-electron chi connectivity index (χ0n) is 16.3. The number of fused-ring (bicyclic) bond motifs is 1. The Kier molecular flexibility index (Phi) is 5.38. The second kappa shape index (κ2) is 7.96. The summed E-state index contributed by atoms with van der Waals surface area (Å²) in [4.78, 5) is 16.9. The van der Waals surface area contributed by atoms with Crippen molar-refractivity contribution in [3.8, 4) is 0 Å². The first-order valence-corrected chi connectivity index (χ1v) is 11.1. The quantitative estimate of drug-likeness (QED) is 0.697. The highest BCUT2D eigenvalue weighted by atomic mass is 32.2. The minimum Gasteiger partial charge on any atom is -0.352 e. The second-order valence-electron chi connectivity index (χ2n) is 7.43. The number of piperidine rings is 1. The van der Waals surface area contributed by atoms with E-state index in [1.165, 1.54) is 4.31 Å². The number of nitrogens with zero attached hydrogens (tertiary/aromatic N) is 3. The van der Waals surface area contributed by atoms with Gasteiger partial charge in [-0.15, -0.1) is 0 Å². The van der Waals surface area contributed by atoms with Crippen LogP contribution in [0.25, 0.3) is 10.9 Å². The SMILES string of the molecule is Cn1ccc2cc(S(=O)(=O)N3CCC[C@@H](C(=O)NCc4cccnc4)C3)ccc21. The second-order valence-corrected chi connectivity index (χ2v) is 9.37. The third-order valence-corrected chi connectivity index (χ3v) is 7.30. The molecular formula is C21H24N4O3S. The van der Waals surface area contributed by atoms with Crippen LogP contribution >= 0.6 is 0 Å². The molecule has 1 atom stereocenters. The van der Waals surface area contributed by atoms with Crippen molar-refractivity contribution >= 4 is 26.8 Å². The first-order chi connectivity index (χ1) is 13.9. The smallest absolute Gasteiger partial charge is 0.243 e. The molecule has 1 N–H and O–H groups in total. The lowest BCUT2D eigenvalue weighted by atomic mass is 9.99. The van der Waals surface area contributed by atoms with Crippen LogP contribution in [0.1, 0.15) is 18.4 Å². The molecule has 8 heteroatoms. The number of aryl methyl sites for hydroxylation is 1. The zero-order chi connectivity index (χ0) is 20.4. The Balaban J connectivity index is 1.46. The number of nitrogens with one attached hydrogen (secondary N) is 1. The molecule has 1 fully saturated rings. The minimum atomic E-state index is -3.64. The van der Waals surface area contributed by atoms with Gasteiger partial charge in [-0.1, -0.05) is 6.07 Å². The Labute approximate surface area is 170 Å². The van der Waals surface area contributed by atoms with Gasteiger partial charge in [-0.2, -0.15) is 4.31 Å². The van der Waals surface area contributed by atoms with Gasteiger partial charge in [0.2, 0.25) is 15.9 Å². The molecule has 3 heterocycles. The molecule has 3 aromatic rings. The third-order valence-electron chi connectivity index (χ3n) is 5.44. The van der Waals surface area contributed by atoms with E-state index in [0.717, 1.165) is 16.5 Å². The number of hydrogen-bond acceptors (Lipinski definition) is 4. The highest BCUT2D eigenvalue weighted by molar-refractivity contribution is 7.89. The summed E-state index contributed by atoms with van der Waals surface area (Å²) in [5, 5.41) is 3.79. The summed E-state index contributed by atoms with van der Waals surface area (Å²) in [5.41, 5.74) is 1.90. The van der Waals surface area contributed by atoms with E-state index >= 15 is 0 Å². The summed E-state index contributed by atoms with van der Waals surface area (Å²) in [7, 11) is -1.72. The number of rotatable bonds is 5. The van der Waals surface area contributed by atoms with Crippen molar-refractivity contribution in [2.45, 2.75) is 24.3 Å². The van der Waals surface area contributed by atoms with Crippen molar-refractivity contribution in [2.75, 3.05) is 13.1 Å². The van der Waals surface area contributed by atoms with Crippen LogP contribution < -0.4 is 5.32 Å². The maximum absolute atomic E-state index is 13.2. The molecule has 1 amide bonds. The van der Waals surface area contributed by atoms with Gasteiger partial charge in [0, 0.05) is 56.2 Å². The first kappa shape index (κ1) is 19.6. The first-order valence-electron chi connectivity index (χ1n) is 9.67. The lowest BCUT2D eigenvalue weighted by molar-refractivity contribution is -0.126. The third kappa shape index (κ3) is 4.04. The lowest BCUT2D eigenvalue weighted by Crippen LogP contribution is -2.45. The van der Waals surface area contributed by atoms with Crippen molar-refractivity contribution in [1.82, 2.24) is 19.2 Å². The Bertz CT molecular complexity index is 1130. The Hall–Kier alpha value is -2.71. The molecule has 0 spiro atoms. The van der Waals surface area contributed by atoms with Gasteiger partial charge in [-0.25, -0.2) is 8.42 Å². The van der Waals surface area contributed by atoms with Crippen LogP contribution in [0.4, 0.5) is 0 Å². The van der Waals surface area contributed by atoms with Gasteiger partial charge < -0.3 is 9.88 Å². The molecule has 7 nitrogen and oxygen atoms in total. The summed E-state index contributed by atoms with van der Waals surface area (Å²) in [6.45, 7) is 1.02. The molecule has 29 heavy (non-hydrogen) atoms. The molecule has 152 valence electrons. The van der Waals surface area contributed by atoms with Gasteiger partial charge in [0.15, 0.2) is 0 Å². The average Bonchev–Trinajstić information content (AvgIpc) is 3.13. The molecule has 0 unspecified atom stereocenters. The number of aromatic nitrogens is 2. The number of carbonyl (C=O) groups is 1. The summed E-state index contributed by atoms with van der Waals surface area (Å²) >= 11 is 0. The van der Waals surface area contributed by atoms with Crippen LogP contribution in [-0.2, 0) is 28.4 Å². The van der Waals surface area contributed by atoms with Crippen LogP contribution in [0.5, 0.6) is 0 Å². The van der Waals surface area contributed by atoms with Gasteiger partial charge in [0.25, 0.3) is 0 Å². The van der Waals surface area contributed by atoms with E-state index in [2.05, 4.69) is 10.3 Å². The van der Waals surface area contributed by atoms with Crippen LogP contribution in [0.3, 0.4) is 0 Å². The number of amides is 1. The fraction of sp³-hybridized carbons (Fsp3) is 0.333. The molecule has 0 saturated carbocycles. The highest BCUT2D eigenvalue weighted by Gasteiger charge is 2.33. The van der Waals surface area contributed by atoms with Gasteiger partial charge in [0.05, 0.1) is 10.8 Å². The Morgan fingerprint density at radius 2 is 2.14 bits per heavy atom. The predicted molar refractivity (Wildman–Crippen MR) is 110 cm³/mol. The topological polar surface area (TPSA) is 84.3 Å². The Morgan fingerprint density at radius 3 is 2.93 bits per heavy atom. The molecule has 4 rings (SSSR count). The lowest BCUT2D eigenvalue weighted by Gasteiger charge is -2.31. The van der Waals surface area contributed by atoms with E-state index in [1.807, 2.05) is 42.1 Å². The van der Waals surface area contributed by atoms with E-state index in [1.54, 1.807) is 24.5 Å². The summed E-state index contributed by atoms with van der Waals surface area (Å²) in [5.74, 6) is -0.470. The van der Waals surface area contributed by atoms with Crippen molar-refractivity contribution in [2.24, 2.45) is 13.0 Å². The van der Waals surface area contributed by atoms with E-state index < -0.39 is 10.0 Å². The van der Waals surface area contributed by atoms with Gasteiger partial charge >= 0.3 is 0 Å². The number of pyridine rings is 1. The van der Waals surface area contributed by atoms with E-state index in [9.17, 15) is 13.2 Å². The predicted octanol–water partition coefficient (Wildman–Crippen LogP) is 2.29. The van der Waals surface area contributed by atoms with Crippen molar-refractivity contribution < 1.29 is 13.2 Å². The van der Waals surface area contributed by atoms with Gasteiger partial charge in [-0.05, 0) is 48.7 Å². The van der Waals surface area contributed by atoms with Crippen LogP contribution in [0.15, 0.2) is 59.9 Å². The van der Waals surface area contributed by atoms with Crippen LogP contribution in [0, 0.1) is 5.92 Å². The maximum atomic E-state index is 13.2. The molecule has 0 radical (unpaired) electrons. The standard InChI is InChI=1S/C21H24N4O3S/c1-24-11-8-17-12-19(6-7-20(17)24)29(27,28)25-10-3-5-18(15-25)21(26)23-14-16-4-2-9-22-13-16/h2,4,6-9,11-13,18H,3,5,10,14-15H2,1H3,(H,23,26)/t18-/m1/s1. The molecule has 1 aliphatic heterocycles. The van der Waals surface area contributed by atoms with Gasteiger partial charge in [0.1, 0.15) is 0 Å².